The fourth-order valence-corrected chi connectivity index (χ4v) is 3.69. The lowest BCUT2D eigenvalue weighted by molar-refractivity contribution is 0.324. The maximum Gasteiger partial charge on any atom is 0.203 e. The summed E-state index contributed by atoms with van der Waals surface area (Å²) in [4.78, 5) is 0. The van der Waals surface area contributed by atoms with E-state index in [0.29, 0.717) is 17.2 Å². The van der Waals surface area contributed by atoms with Crippen LogP contribution in [0.5, 0.6) is 17.2 Å². The van der Waals surface area contributed by atoms with Crippen LogP contribution >= 0.6 is 0 Å². The molecule has 1 heterocycles. The van der Waals surface area contributed by atoms with Gasteiger partial charge in [0.2, 0.25) is 5.75 Å². The first-order chi connectivity index (χ1) is 13.7. The Bertz CT molecular complexity index is 1120. The van der Waals surface area contributed by atoms with E-state index in [-0.39, 0.29) is 0 Å². The van der Waals surface area contributed by atoms with Crippen molar-refractivity contribution < 1.29 is 14.2 Å². The van der Waals surface area contributed by atoms with Crippen LogP contribution in [-0.4, -0.2) is 25.9 Å². The standard InChI is InChI=1S/C24H23NO3/c1-25-15-20(19-10-5-6-11-21(19)25)17-9-7-8-16(12-17)18-13-22(26-2)24(28-4)23(14-18)27-3/h5-15H,1-4H3. The van der Waals surface area contributed by atoms with E-state index in [9.17, 15) is 0 Å². The number of hydrogen-bond donors (Lipinski definition) is 0. The maximum absolute atomic E-state index is 5.51. The molecule has 0 amide bonds. The molecule has 0 aliphatic carbocycles. The van der Waals surface area contributed by atoms with Gasteiger partial charge in [-0.2, -0.15) is 0 Å². The van der Waals surface area contributed by atoms with Gasteiger partial charge in [0.05, 0.1) is 21.3 Å². The van der Waals surface area contributed by atoms with E-state index in [0.717, 1.165) is 11.1 Å². The zero-order chi connectivity index (χ0) is 19.7. The van der Waals surface area contributed by atoms with Gasteiger partial charge in [0.25, 0.3) is 0 Å². The summed E-state index contributed by atoms with van der Waals surface area (Å²) in [7, 11) is 6.96. The smallest absolute Gasteiger partial charge is 0.203 e. The first-order valence-corrected chi connectivity index (χ1v) is 9.11. The van der Waals surface area contributed by atoms with Gasteiger partial charge < -0.3 is 18.8 Å². The molecule has 28 heavy (non-hydrogen) atoms. The summed E-state index contributed by atoms with van der Waals surface area (Å²) in [5, 5.41) is 1.24. The van der Waals surface area contributed by atoms with E-state index in [2.05, 4.69) is 66.3 Å². The molecule has 0 atom stereocenters. The molecular weight excluding hydrogens is 350 g/mol. The van der Waals surface area contributed by atoms with E-state index >= 15 is 0 Å². The summed E-state index contributed by atoms with van der Waals surface area (Å²) >= 11 is 0. The topological polar surface area (TPSA) is 32.6 Å². The van der Waals surface area contributed by atoms with Crippen LogP contribution in [0.4, 0.5) is 0 Å². The minimum Gasteiger partial charge on any atom is -0.493 e. The van der Waals surface area contributed by atoms with Crippen LogP contribution in [0.1, 0.15) is 0 Å². The van der Waals surface area contributed by atoms with Crippen molar-refractivity contribution in [3.05, 3.63) is 66.9 Å². The van der Waals surface area contributed by atoms with Gasteiger partial charge in [-0.3, -0.25) is 0 Å². The molecule has 0 bridgehead atoms. The van der Waals surface area contributed by atoms with Crippen LogP contribution in [-0.2, 0) is 7.05 Å². The molecule has 0 radical (unpaired) electrons. The molecular formula is C24H23NO3. The van der Waals surface area contributed by atoms with Crippen molar-refractivity contribution in [2.75, 3.05) is 21.3 Å². The number of ether oxygens (including phenoxy) is 3. The highest BCUT2D eigenvalue weighted by Crippen LogP contribution is 2.42. The molecule has 0 fully saturated rings. The molecule has 0 unspecified atom stereocenters. The van der Waals surface area contributed by atoms with E-state index in [1.807, 2.05) is 12.1 Å². The lowest BCUT2D eigenvalue weighted by Crippen LogP contribution is -1.95. The summed E-state index contributed by atoms with van der Waals surface area (Å²) in [5.41, 5.74) is 5.70. The molecule has 0 saturated heterocycles. The highest BCUT2D eigenvalue weighted by Gasteiger charge is 2.15. The molecule has 4 heteroatoms. The van der Waals surface area contributed by atoms with Crippen LogP contribution in [0.15, 0.2) is 66.9 Å². The third kappa shape index (κ3) is 2.97. The molecule has 0 saturated carbocycles. The van der Waals surface area contributed by atoms with Crippen molar-refractivity contribution in [1.29, 1.82) is 0 Å². The lowest BCUT2D eigenvalue weighted by atomic mass is 9.98. The van der Waals surface area contributed by atoms with Gasteiger partial charge in [0.15, 0.2) is 11.5 Å². The molecule has 0 spiro atoms. The number of rotatable bonds is 5. The van der Waals surface area contributed by atoms with Crippen molar-refractivity contribution in [2.24, 2.45) is 7.05 Å². The lowest BCUT2D eigenvalue weighted by Gasteiger charge is -2.14. The fourth-order valence-electron chi connectivity index (χ4n) is 3.69. The Hall–Kier alpha value is -3.40. The minimum absolute atomic E-state index is 0.596. The van der Waals surface area contributed by atoms with Gasteiger partial charge in [0.1, 0.15) is 0 Å². The molecule has 4 nitrogen and oxygen atoms in total. The first-order valence-electron chi connectivity index (χ1n) is 9.11. The zero-order valence-electron chi connectivity index (χ0n) is 16.5. The van der Waals surface area contributed by atoms with Crippen molar-refractivity contribution in [3.8, 4) is 39.5 Å². The Balaban J connectivity index is 1.86. The van der Waals surface area contributed by atoms with Gasteiger partial charge in [-0.05, 0) is 41.0 Å². The molecule has 0 N–H and O–H groups in total. The largest absolute Gasteiger partial charge is 0.493 e. The van der Waals surface area contributed by atoms with Crippen LogP contribution in [0.2, 0.25) is 0 Å². The second-order valence-electron chi connectivity index (χ2n) is 6.67. The molecule has 4 rings (SSSR count). The van der Waals surface area contributed by atoms with Crippen molar-refractivity contribution in [2.45, 2.75) is 0 Å². The Morgan fingerprint density at radius 3 is 2.04 bits per heavy atom. The average Bonchev–Trinajstić information content (AvgIpc) is 3.09. The molecule has 1 aromatic heterocycles. The molecule has 142 valence electrons. The summed E-state index contributed by atoms with van der Waals surface area (Å²) in [6.45, 7) is 0. The van der Waals surface area contributed by atoms with E-state index in [1.54, 1.807) is 21.3 Å². The number of para-hydroxylation sites is 1. The highest BCUT2D eigenvalue weighted by atomic mass is 16.5. The average molecular weight is 373 g/mol. The second-order valence-corrected chi connectivity index (χ2v) is 6.67. The van der Waals surface area contributed by atoms with Gasteiger partial charge in [-0.25, -0.2) is 0 Å². The van der Waals surface area contributed by atoms with E-state index in [1.165, 1.54) is 22.0 Å². The predicted octanol–water partition coefficient (Wildman–Crippen LogP) is 5.54. The minimum atomic E-state index is 0.596. The number of nitrogens with zero attached hydrogens (tertiary/aromatic N) is 1. The summed E-state index contributed by atoms with van der Waals surface area (Å²) in [6, 6.07) is 20.9. The number of benzene rings is 3. The quantitative estimate of drug-likeness (QED) is 0.460. The number of aryl methyl sites for hydroxylation is 1. The Morgan fingerprint density at radius 1 is 0.679 bits per heavy atom. The van der Waals surface area contributed by atoms with Gasteiger partial charge in [-0.15, -0.1) is 0 Å². The number of aromatic nitrogens is 1. The van der Waals surface area contributed by atoms with Crippen molar-refractivity contribution >= 4 is 10.9 Å². The first kappa shape index (κ1) is 18.0. The van der Waals surface area contributed by atoms with Crippen LogP contribution in [0, 0.1) is 0 Å². The summed E-state index contributed by atoms with van der Waals surface area (Å²) < 4.78 is 18.6. The highest BCUT2D eigenvalue weighted by molar-refractivity contribution is 5.96. The van der Waals surface area contributed by atoms with Crippen LogP contribution < -0.4 is 14.2 Å². The molecule has 0 aliphatic heterocycles. The van der Waals surface area contributed by atoms with Gasteiger partial charge in [0, 0.05) is 29.7 Å². The van der Waals surface area contributed by atoms with Crippen LogP contribution in [0.25, 0.3) is 33.2 Å². The van der Waals surface area contributed by atoms with Gasteiger partial charge in [-0.1, -0.05) is 36.4 Å². The van der Waals surface area contributed by atoms with Crippen molar-refractivity contribution in [1.82, 2.24) is 4.57 Å². The normalized spacial score (nSPS) is 10.9. The number of methoxy groups -OCH3 is 3. The SMILES string of the molecule is COc1cc(-c2cccc(-c3cn(C)c4ccccc34)c2)cc(OC)c1OC. The van der Waals surface area contributed by atoms with Crippen molar-refractivity contribution in [3.63, 3.8) is 0 Å². The second kappa shape index (κ2) is 7.31. The fraction of sp³-hybridized carbons (Fsp3) is 0.167. The Kier molecular flexibility index (Phi) is 4.70. The Morgan fingerprint density at radius 2 is 1.36 bits per heavy atom. The summed E-state index contributed by atoms with van der Waals surface area (Å²) in [5.74, 6) is 1.89. The number of fused-ring (bicyclic) bond motifs is 1. The third-order valence-corrected chi connectivity index (χ3v) is 5.07. The maximum atomic E-state index is 5.51. The number of hydrogen-bond acceptors (Lipinski definition) is 3. The van der Waals surface area contributed by atoms with E-state index < -0.39 is 0 Å². The Labute approximate surface area is 164 Å². The van der Waals surface area contributed by atoms with E-state index in [4.69, 9.17) is 14.2 Å². The molecule has 0 aliphatic rings. The third-order valence-electron chi connectivity index (χ3n) is 5.07. The predicted molar refractivity (Wildman–Crippen MR) is 113 cm³/mol. The summed E-state index contributed by atoms with van der Waals surface area (Å²) in [6.07, 6.45) is 2.18. The zero-order valence-corrected chi connectivity index (χ0v) is 16.5. The van der Waals surface area contributed by atoms with Gasteiger partial charge >= 0.3 is 0 Å². The molecule has 3 aromatic carbocycles. The van der Waals surface area contributed by atoms with Crippen LogP contribution in [0.3, 0.4) is 0 Å². The monoisotopic (exact) mass is 373 g/mol. The molecule has 4 aromatic rings.